The van der Waals surface area contributed by atoms with Crippen molar-refractivity contribution in [2.45, 2.75) is 6.42 Å². The molecular weight excluding hydrogens is 206 g/mol. The number of anilines is 1. The first-order valence-corrected chi connectivity index (χ1v) is 5.12. The molecule has 0 saturated heterocycles. The molecule has 1 amide bonds. The van der Waals surface area contributed by atoms with Gasteiger partial charge in [-0.25, -0.2) is 0 Å². The Morgan fingerprint density at radius 3 is 2.88 bits per heavy atom. The second-order valence-electron chi connectivity index (χ2n) is 3.29. The lowest BCUT2D eigenvalue weighted by Gasteiger charge is -2.09. The molecule has 0 unspecified atom stereocenters. The summed E-state index contributed by atoms with van der Waals surface area (Å²) in [6.45, 7) is 1.22. The molecule has 0 aliphatic carbocycles. The van der Waals surface area contributed by atoms with Crippen LogP contribution in [0.2, 0.25) is 0 Å². The van der Waals surface area contributed by atoms with E-state index in [1.165, 1.54) is 0 Å². The van der Waals surface area contributed by atoms with Gasteiger partial charge >= 0.3 is 0 Å². The van der Waals surface area contributed by atoms with Gasteiger partial charge in [0.25, 0.3) is 5.91 Å². The first-order chi connectivity index (χ1) is 7.79. The molecule has 0 atom stereocenters. The van der Waals surface area contributed by atoms with E-state index in [1.807, 2.05) is 6.07 Å². The standard InChI is InChI=1S/C11H17N3O2/c1-16-8-4-7-13-11(15)9-5-2-3-6-10(9)14-12/h2-3,5-6,14H,4,7-8,12H2,1H3,(H,13,15). The molecule has 16 heavy (non-hydrogen) atoms. The number of hydrogen-bond donors (Lipinski definition) is 3. The van der Waals surface area contributed by atoms with Crippen molar-refractivity contribution < 1.29 is 9.53 Å². The van der Waals surface area contributed by atoms with Crippen LogP contribution in [0, 0.1) is 0 Å². The van der Waals surface area contributed by atoms with E-state index in [0.29, 0.717) is 24.4 Å². The van der Waals surface area contributed by atoms with Crippen molar-refractivity contribution in [1.82, 2.24) is 5.32 Å². The van der Waals surface area contributed by atoms with E-state index in [4.69, 9.17) is 10.6 Å². The van der Waals surface area contributed by atoms with Crippen molar-refractivity contribution in [2.24, 2.45) is 5.84 Å². The number of carbonyl (C=O) groups is 1. The smallest absolute Gasteiger partial charge is 0.253 e. The highest BCUT2D eigenvalue weighted by atomic mass is 16.5. The van der Waals surface area contributed by atoms with Crippen molar-refractivity contribution in [3.8, 4) is 0 Å². The lowest BCUT2D eigenvalue weighted by molar-refractivity contribution is 0.0949. The van der Waals surface area contributed by atoms with E-state index in [1.54, 1.807) is 25.3 Å². The van der Waals surface area contributed by atoms with Crippen molar-refractivity contribution in [2.75, 3.05) is 25.7 Å². The molecule has 0 aliphatic rings. The van der Waals surface area contributed by atoms with Crippen LogP contribution in [0.3, 0.4) is 0 Å². The maximum atomic E-state index is 11.7. The molecule has 5 heteroatoms. The van der Waals surface area contributed by atoms with Gasteiger partial charge in [-0.15, -0.1) is 0 Å². The van der Waals surface area contributed by atoms with Crippen LogP contribution in [-0.2, 0) is 4.74 Å². The first-order valence-electron chi connectivity index (χ1n) is 5.12. The normalized spacial score (nSPS) is 9.88. The van der Waals surface area contributed by atoms with Crippen molar-refractivity contribution in [3.63, 3.8) is 0 Å². The van der Waals surface area contributed by atoms with E-state index < -0.39 is 0 Å². The first kappa shape index (κ1) is 12.5. The molecular formula is C11H17N3O2. The summed E-state index contributed by atoms with van der Waals surface area (Å²) in [5.41, 5.74) is 3.65. The van der Waals surface area contributed by atoms with Gasteiger partial charge in [-0.2, -0.15) is 0 Å². The average Bonchev–Trinajstić information content (AvgIpc) is 2.34. The van der Waals surface area contributed by atoms with Crippen molar-refractivity contribution in [1.29, 1.82) is 0 Å². The number of benzene rings is 1. The molecule has 1 rings (SSSR count). The van der Waals surface area contributed by atoms with Crippen molar-refractivity contribution >= 4 is 11.6 Å². The zero-order valence-corrected chi connectivity index (χ0v) is 9.32. The van der Waals surface area contributed by atoms with Gasteiger partial charge in [-0.05, 0) is 18.6 Å². The number of methoxy groups -OCH3 is 1. The zero-order chi connectivity index (χ0) is 11.8. The highest BCUT2D eigenvalue weighted by Gasteiger charge is 2.08. The van der Waals surface area contributed by atoms with E-state index in [2.05, 4.69) is 10.7 Å². The number of ether oxygens (including phenoxy) is 1. The molecule has 1 aromatic rings. The second-order valence-corrected chi connectivity index (χ2v) is 3.29. The predicted molar refractivity (Wildman–Crippen MR) is 63.1 cm³/mol. The number of amides is 1. The molecule has 0 saturated carbocycles. The molecule has 4 N–H and O–H groups in total. The summed E-state index contributed by atoms with van der Waals surface area (Å²) >= 11 is 0. The van der Waals surface area contributed by atoms with E-state index >= 15 is 0 Å². The highest BCUT2D eigenvalue weighted by molar-refractivity contribution is 5.99. The SMILES string of the molecule is COCCCNC(=O)c1ccccc1NN. The fraction of sp³-hybridized carbons (Fsp3) is 0.364. The third kappa shape index (κ3) is 3.52. The van der Waals surface area contributed by atoms with Gasteiger partial charge in [0.15, 0.2) is 0 Å². The number of carbonyl (C=O) groups excluding carboxylic acids is 1. The fourth-order valence-corrected chi connectivity index (χ4v) is 1.32. The molecule has 0 fully saturated rings. The summed E-state index contributed by atoms with van der Waals surface area (Å²) < 4.78 is 4.89. The summed E-state index contributed by atoms with van der Waals surface area (Å²) in [4.78, 5) is 11.7. The molecule has 0 aromatic heterocycles. The number of para-hydroxylation sites is 1. The largest absolute Gasteiger partial charge is 0.385 e. The van der Waals surface area contributed by atoms with Gasteiger partial charge in [0.1, 0.15) is 0 Å². The van der Waals surface area contributed by atoms with Gasteiger partial charge < -0.3 is 15.5 Å². The van der Waals surface area contributed by atoms with Crippen LogP contribution in [0.25, 0.3) is 0 Å². The van der Waals surface area contributed by atoms with Crippen LogP contribution in [0.5, 0.6) is 0 Å². The van der Waals surface area contributed by atoms with Crippen LogP contribution in [0.1, 0.15) is 16.8 Å². The second kappa shape index (κ2) is 6.81. The Labute approximate surface area is 94.9 Å². The summed E-state index contributed by atoms with van der Waals surface area (Å²) in [6, 6.07) is 7.09. The number of rotatable bonds is 6. The van der Waals surface area contributed by atoms with E-state index in [0.717, 1.165) is 6.42 Å². The summed E-state index contributed by atoms with van der Waals surface area (Å²) in [6.07, 6.45) is 0.792. The summed E-state index contributed by atoms with van der Waals surface area (Å²) in [5.74, 6) is 5.18. The molecule has 1 aromatic carbocycles. The monoisotopic (exact) mass is 223 g/mol. The maximum Gasteiger partial charge on any atom is 0.253 e. The molecule has 0 aliphatic heterocycles. The minimum Gasteiger partial charge on any atom is -0.385 e. The Kier molecular flexibility index (Phi) is 5.31. The molecule has 5 nitrogen and oxygen atoms in total. The van der Waals surface area contributed by atoms with Gasteiger partial charge in [-0.1, -0.05) is 12.1 Å². The Morgan fingerprint density at radius 2 is 2.19 bits per heavy atom. The lowest BCUT2D eigenvalue weighted by Crippen LogP contribution is -2.26. The Bertz CT molecular complexity index is 342. The number of hydrazine groups is 1. The minimum absolute atomic E-state index is 0.135. The Hall–Kier alpha value is -1.59. The van der Waals surface area contributed by atoms with Gasteiger partial charge in [0, 0.05) is 20.3 Å². The van der Waals surface area contributed by atoms with Crippen LogP contribution >= 0.6 is 0 Å². The number of nitrogen functional groups attached to an aromatic ring is 1. The third-order valence-corrected chi connectivity index (χ3v) is 2.14. The molecule has 0 radical (unpaired) electrons. The van der Waals surface area contributed by atoms with E-state index in [-0.39, 0.29) is 5.91 Å². The maximum absolute atomic E-state index is 11.7. The highest BCUT2D eigenvalue weighted by Crippen LogP contribution is 2.12. The molecule has 0 heterocycles. The number of hydrogen-bond acceptors (Lipinski definition) is 4. The van der Waals surface area contributed by atoms with E-state index in [9.17, 15) is 4.79 Å². The summed E-state index contributed by atoms with van der Waals surface area (Å²) in [7, 11) is 1.63. The Balaban J connectivity index is 2.52. The quantitative estimate of drug-likeness (QED) is 0.377. The summed E-state index contributed by atoms with van der Waals surface area (Å²) in [5, 5.41) is 2.79. The predicted octanol–water partition coefficient (Wildman–Crippen LogP) is 0.738. The lowest BCUT2D eigenvalue weighted by atomic mass is 10.1. The van der Waals surface area contributed by atoms with Crippen LogP contribution < -0.4 is 16.6 Å². The zero-order valence-electron chi connectivity index (χ0n) is 9.32. The van der Waals surface area contributed by atoms with Gasteiger partial charge in [0.2, 0.25) is 0 Å². The van der Waals surface area contributed by atoms with Crippen molar-refractivity contribution in [3.05, 3.63) is 29.8 Å². The van der Waals surface area contributed by atoms with Gasteiger partial charge in [-0.3, -0.25) is 10.6 Å². The fourth-order valence-electron chi connectivity index (χ4n) is 1.32. The van der Waals surface area contributed by atoms with Crippen LogP contribution in [0.4, 0.5) is 5.69 Å². The molecule has 88 valence electrons. The van der Waals surface area contributed by atoms with Crippen LogP contribution in [0.15, 0.2) is 24.3 Å². The Morgan fingerprint density at radius 1 is 1.44 bits per heavy atom. The number of nitrogens with two attached hydrogens (primary N) is 1. The van der Waals surface area contributed by atoms with Crippen LogP contribution in [-0.4, -0.2) is 26.2 Å². The molecule has 0 spiro atoms. The average molecular weight is 223 g/mol. The minimum atomic E-state index is -0.135. The topological polar surface area (TPSA) is 76.4 Å². The van der Waals surface area contributed by atoms with Gasteiger partial charge in [0.05, 0.1) is 11.3 Å². The third-order valence-electron chi connectivity index (χ3n) is 2.14. The number of nitrogens with one attached hydrogen (secondary N) is 2. The molecule has 0 bridgehead atoms.